The van der Waals surface area contributed by atoms with Gasteiger partial charge in [-0.05, 0) is 109 Å². The van der Waals surface area contributed by atoms with Crippen LogP contribution < -0.4 is 4.90 Å². The van der Waals surface area contributed by atoms with E-state index in [4.69, 9.17) is 0 Å². The van der Waals surface area contributed by atoms with Gasteiger partial charge in [-0.2, -0.15) is 0 Å². The van der Waals surface area contributed by atoms with Crippen LogP contribution in [-0.2, 0) is 0 Å². The van der Waals surface area contributed by atoms with Crippen LogP contribution in [0, 0.1) is 0 Å². The Bertz CT molecular complexity index is 2860. The van der Waals surface area contributed by atoms with E-state index in [1.54, 1.807) is 0 Å². The molecule has 0 aliphatic heterocycles. The fraction of sp³-hybridized carbons (Fsp3) is 0. The molecule has 0 aliphatic rings. The first-order valence-corrected chi connectivity index (χ1v) is 17.9. The van der Waals surface area contributed by atoms with Gasteiger partial charge in [-0.15, -0.1) is 11.3 Å². The molecule has 0 atom stereocenters. The number of rotatable bonds is 5. The number of hydrogen-bond acceptors (Lipinski definition) is 2. The summed E-state index contributed by atoms with van der Waals surface area (Å²) in [6.07, 6.45) is 0. The fourth-order valence-electron chi connectivity index (χ4n) is 7.56. The van der Waals surface area contributed by atoms with Gasteiger partial charge in [-0.25, -0.2) is 0 Å². The van der Waals surface area contributed by atoms with Crippen molar-refractivity contribution in [2.24, 2.45) is 0 Å². The van der Waals surface area contributed by atoms with Crippen LogP contribution in [0.5, 0.6) is 0 Å². The molecule has 234 valence electrons. The Hall–Kier alpha value is -6.22. The number of anilines is 3. The average Bonchev–Trinajstić information content (AvgIpc) is 3.56. The second-order valence-corrected chi connectivity index (χ2v) is 14.0. The number of nitrogens with zero attached hydrogens (tertiary/aromatic N) is 1. The van der Waals surface area contributed by atoms with Gasteiger partial charge >= 0.3 is 0 Å². The van der Waals surface area contributed by atoms with Crippen LogP contribution in [-0.4, -0.2) is 0 Å². The molecule has 0 unspecified atom stereocenters. The lowest BCUT2D eigenvalue weighted by Gasteiger charge is -2.26. The summed E-state index contributed by atoms with van der Waals surface area (Å²) in [4.78, 5) is 2.39. The summed E-state index contributed by atoms with van der Waals surface area (Å²) in [7, 11) is 0. The van der Waals surface area contributed by atoms with Crippen LogP contribution in [0.25, 0.3) is 74.7 Å². The molecule has 2 heteroatoms. The lowest BCUT2D eigenvalue weighted by atomic mass is 9.94. The summed E-state index contributed by atoms with van der Waals surface area (Å²) in [5.41, 5.74) is 8.21. The molecule has 10 aromatic rings. The van der Waals surface area contributed by atoms with Crippen LogP contribution in [0.4, 0.5) is 17.1 Å². The minimum Gasteiger partial charge on any atom is -0.310 e. The van der Waals surface area contributed by atoms with Crippen molar-refractivity contribution in [3.63, 3.8) is 0 Å². The number of fused-ring (bicyclic) bond motifs is 8. The minimum atomic E-state index is 1.12. The Morgan fingerprint density at radius 1 is 0.300 bits per heavy atom. The molecule has 1 nitrogen and oxygen atoms in total. The van der Waals surface area contributed by atoms with Crippen LogP contribution in [0.1, 0.15) is 0 Å². The predicted octanol–water partition coefficient (Wildman–Crippen LogP) is 14.3. The van der Waals surface area contributed by atoms with E-state index in [1.807, 2.05) is 11.3 Å². The van der Waals surface area contributed by atoms with Crippen molar-refractivity contribution in [1.82, 2.24) is 0 Å². The molecule has 0 saturated carbocycles. The highest BCUT2D eigenvalue weighted by Gasteiger charge is 2.16. The van der Waals surface area contributed by atoms with E-state index in [2.05, 4.69) is 193 Å². The summed E-state index contributed by atoms with van der Waals surface area (Å²) in [6, 6.07) is 68.8. The summed E-state index contributed by atoms with van der Waals surface area (Å²) in [5, 5.41) is 10.3. The molecular formula is C48H31NS. The van der Waals surface area contributed by atoms with E-state index in [-0.39, 0.29) is 0 Å². The minimum absolute atomic E-state index is 1.12. The molecule has 10 rings (SSSR count). The van der Waals surface area contributed by atoms with Crippen molar-refractivity contribution < 1.29 is 0 Å². The third-order valence-corrected chi connectivity index (χ3v) is 11.2. The first-order chi connectivity index (χ1) is 24.8. The van der Waals surface area contributed by atoms with Crippen molar-refractivity contribution in [2.45, 2.75) is 0 Å². The van der Waals surface area contributed by atoms with Gasteiger partial charge in [0, 0.05) is 37.2 Å². The van der Waals surface area contributed by atoms with E-state index in [9.17, 15) is 0 Å². The zero-order valence-corrected chi connectivity index (χ0v) is 28.1. The molecule has 0 radical (unpaired) electrons. The van der Waals surface area contributed by atoms with Crippen LogP contribution in [0.3, 0.4) is 0 Å². The molecule has 0 spiro atoms. The van der Waals surface area contributed by atoms with Crippen LogP contribution >= 0.6 is 11.3 Å². The Kier molecular flexibility index (Phi) is 6.75. The zero-order chi connectivity index (χ0) is 33.0. The summed E-state index contributed by atoms with van der Waals surface area (Å²) in [5.74, 6) is 0. The monoisotopic (exact) mass is 653 g/mol. The van der Waals surface area contributed by atoms with Gasteiger partial charge in [0.2, 0.25) is 0 Å². The molecular weight excluding hydrogens is 623 g/mol. The highest BCUT2D eigenvalue weighted by Crippen LogP contribution is 2.42. The highest BCUT2D eigenvalue weighted by atomic mass is 32.1. The van der Waals surface area contributed by atoms with Crippen LogP contribution in [0.2, 0.25) is 0 Å². The first kappa shape index (κ1) is 28.8. The Balaban J connectivity index is 1.11. The molecule has 9 aromatic carbocycles. The normalized spacial score (nSPS) is 11.6. The van der Waals surface area contributed by atoms with Crippen molar-refractivity contribution in [1.29, 1.82) is 0 Å². The van der Waals surface area contributed by atoms with E-state index in [1.165, 1.54) is 74.7 Å². The second kappa shape index (κ2) is 11.7. The smallest absolute Gasteiger partial charge is 0.0468 e. The third kappa shape index (κ3) is 4.84. The SMILES string of the molecule is c1ccc(-c2cccc(N(c3ccc(-c4ccc5ccc6ccc7ccccc7c6c5c4)cc3)c3ccc4sc5ccccc5c4c3)c2)cc1. The quantitative estimate of drug-likeness (QED) is 0.167. The van der Waals surface area contributed by atoms with Gasteiger partial charge in [-0.3, -0.25) is 0 Å². The standard InChI is InChI=1S/C48H31NS/c1-2-9-32(10-3-1)37-12-8-13-40(29-37)49(41-27-28-47-45(31-41)43-15-6-7-16-46(43)50-47)39-25-23-33(24-26-39)38-22-19-35-18-21-36-20-17-34-11-4-5-14-42(34)48(36)44(35)30-38/h1-31H. The van der Waals surface area contributed by atoms with Gasteiger partial charge in [0.25, 0.3) is 0 Å². The van der Waals surface area contributed by atoms with E-state index in [0.29, 0.717) is 0 Å². The van der Waals surface area contributed by atoms with Crippen LogP contribution in [0.15, 0.2) is 188 Å². The van der Waals surface area contributed by atoms with E-state index >= 15 is 0 Å². The number of hydrogen-bond donors (Lipinski definition) is 0. The second-order valence-electron chi connectivity index (χ2n) is 13.0. The van der Waals surface area contributed by atoms with Gasteiger partial charge in [-0.1, -0.05) is 133 Å². The maximum Gasteiger partial charge on any atom is 0.0468 e. The number of benzene rings is 9. The van der Waals surface area contributed by atoms with Crippen molar-refractivity contribution in [3.05, 3.63) is 188 Å². The topological polar surface area (TPSA) is 3.24 Å². The van der Waals surface area contributed by atoms with E-state index < -0.39 is 0 Å². The molecule has 0 saturated heterocycles. The largest absolute Gasteiger partial charge is 0.310 e. The predicted molar refractivity (Wildman–Crippen MR) is 217 cm³/mol. The molecule has 0 amide bonds. The lowest BCUT2D eigenvalue weighted by Crippen LogP contribution is -2.10. The molecule has 0 bridgehead atoms. The molecule has 50 heavy (non-hydrogen) atoms. The molecule has 0 aliphatic carbocycles. The van der Waals surface area contributed by atoms with Crippen molar-refractivity contribution in [3.8, 4) is 22.3 Å². The Morgan fingerprint density at radius 2 is 0.880 bits per heavy atom. The summed E-state index contributed by atoms with van der Waals surface area (Å²) < 4.78 is 2.62. The molecule has 1 aromatic heterocycles. The van der Waals surface area contributed by atoms with Gasteiger partial charge in [0.1, 0.15) is 0 Å². The Labute approximate surface area is 294 Å². The lowest BCUT2D eigenvalue weighted by molar-refractivity contribution is 1.29. The molecule has 1 heterocycles. The third-order valence-electron chi connectivity index (χ3n) is 10.0. The molecule has 0 fully saturated rings. The van der Waals surface area contributed by atoms with E-state index in [0.717, 1.165) is 17.1 Å². The first-order valence-electron chi connectivity index (χ1n) is 17.1. The highest BCUT2D eigenvalue weighted by molar-refractivity contribution is 7.25. The van der Waals surface area contributed by atoms with Gasteiger partial charge in [0.15, 0.2) is 0 Å². The average molecular weight is 654 g/mol. The zero-order valence-electron chi connectivity index (χ0n) is 27.3. The van der Waals surface area contributed by atoms with Crippen molar-refractivity contribution in [2.75, 3.05) is 4.90 Å². The fourth-order valence-corrected chi connectivity index (χ4v) is 8.65. The maximum absolute atomic E-state index is 2.39. The summed E-state index contributed by atoms with van der Waals surface area (Å²) >= 11 is 1.86. The van der Waals surface area contributed by atoms with Gasteiger partial charge < -0.3 is 4.90 Å². The van der Waals surface area contributed by atoms with Crippen molar-refractivity contribution >= 4 is 80.9 Å². The summed E-state index contributed by atoms with van der Waals surface area (Å²) in [6.45, 7) is 0. The maximum atomic E-state index is 2.39. The Morgan fingerprint density at radius 3 is 1.74 bits per heavy atom. The molecule has 0 N–H and O–H groups in total. The van der Waals surface area contributed by atoms with Gasteiger partial charge in [0.05, 0.1) is 0 Å². The number of thiophene rings is 1.